The molecular formula is C13H19NO3. The minimum atomic E-state index is -0.427. The van der Waals surface area contributed by atoms with E-state index in [9.17, 15) is 9.90 Å². The number of nitrogens with zero attached hydrogens (tertiary/aromatic N) is 1. The molecule has 2 atom stereocenters. The zero-order valence-corrected chi connectivity index (χ0v) is 10.6. The van der Waals surface area contributed by atoms with E-state index in [2.05, 4.69) is 0 Å². The third-order valence-corrected chi connectivity index (χ3v) is 3.44. The molecule has 1 fully saturated rings. The normalized spacial score (nSPS) is 25.1. The van der Waals surface area contributed by atoms with Gasteiger partial charge in [-0.1, -0.05) is 6.92 Å². The molecular weight excluding hydrogens is 218 g/mol. The first-order valence-electron chi connectivity index (χ1n) is 6.03. The summed E-state index contributed by atoms with van der Waals surface area (Å²) in [6, 6.07) is 1.86. The van der Waals surface area contributed by atoms with Crippen molar-refractivity contribution in [1.29, 1.82) is 0 Å². The first-order chi connectivity index (χ1) is 7.99. The summed E-state index contributed by atoms with van der Waals surface area (Å²) in [5, 5.41) is 9.79. The summed E-state index contributed by atoms with van der Waals surface area (Å²) in [5.74, 6) is 1.31. The molecule has 0 radical (unpaired) electrons. The minimum absolute atomic E-state index is 0.110. The van der Waals surface area contributed by atoms with Crippen molar-refractivity contribution in [3.05, 3.63) is 23.2 Å². The summed E-state index contributed by atoms with van der Waals surface area (Å²) in [6.45, 7) is 6.80. The van der Waals surface area contributed by atoms with Gasteiger partial charge in [0.2, 0.25) is 0 Å². The van der Waals surface area contributed by atoms with Crippen LogP contribution in [-0.4, -0.2) is 35.1 Å². The fourth-order valence-electron chi connectivity index (χ4n) is 2.23. The summed E-state index contributed by atoms with van der Waals surface area (Å²) in [7, 11) is 0. The zero-order chi connectivity index (χ0) is 12.6. The van der Waals surface area contributed by atoms with Crippen LogP contribution in [0.5, 0.6) is 0 Å². The summed E-state index contributed by atoms with van der Waals surface area (Å²) < 4.78 is 5.42. The number of carbonyl (C=O) groups excluding carboxylic acids is 1. The Morgan fingerprint density at radius 1 is 1.53 bits per heavy atom. The van der Waals surface area contributed by atoms with Crippen LogP contribution in [0.4, 0.5) is 0 Å². The van der Waals surface area contributed by atoms with Crippen molar-refractivity contribution in [2.45, 2.75) is 33.3 Å². The quantitative estimate of drug-likeness (QED) is 0.809. The lowest BCUT2D eigenvalue weighted by Crippen LogP contribution is -2.45. The van der Waals surface area contributed by atoms with Gasteiger partial charge in [-0.05, 0) is 32.3 Å². The van der Waals surface area contributed by atoms with E-state index in [1.807, 2.05) is 26.8 Å². The van der Waals surface area contributed by atoms with Crippen LogP contribution < -0.4 is 0 Å². The van der Waals surface area contributed by atoms with Crippen LogP contribution in [0, 0.1) is 19.8 Å². The highest BCUT2D eigenvalue weighted by atomic mass is 16.4. The van der Waals surface area contributed by atoms with Gasteiger partial charge >= 0.3 is 0 Å². The molecule has 1 amide bonds. The van der Waals surface area contributed by atoms with Gasteiger partial charge in [0.05, 0.1) is 6.10 Å². The van der Waals surface area contributed by atoms with Gasteiger partial charge in [0.25, 0.3) is 5.91 Å². The Hall–Kier alpha value is -1.29. The van der Waals surface area contributed by atoms with Crippen molar-refractivity contribution in [2.24, 2.45) is 5.92 Å². The average Bonchev–Trinajstić information content (AvgIpc) is 2.61. The van der Waals surface area contributed by atoms with Gasteiger partial charge in [-0.15, -0.1) is 0 Å². The molecule has 2 unspecified atom stereocenters. The van der Waals surface area contributed by atoms with Crippen LogP contribution in [0.2, 0.25) is 0 Å². The topological polar surface area (TPSA) is 53.7 Å². The third-order valence-electron chi connectivity index (χ3n) is 3.44. The van der Waals surface area contributed by atoms with Gasteiger partial charge < -0.3 is 14.4 Å². The minimum Gasteiger partial charge on any atom is -0.456 e. The predicted octanol–water partition coefficient (Wildman–Crippen LogP) is 1.74. The zero-order valence-electron chi connectivity index (χ0n) is 10.6. The summed E-state index contributed by atoms with van der Waals surface area (Å²) in [6.07, 6.45) is 0.412. The number of aryl methyl sites for hydroxylation is 2. The van der Waals surface area contributed by atoms with Crippen molar-refractivity contribution < 1.29 is 14.3 Å². The van der Waals surface area contributed by atoms with Crippen molar-refractivity contribution >= 4 is 5.91 Å². The van der Waals surface area contributed by atoms with Crippen LogP contribution in [-0.2, 0) is 0 Å². The number of hydrogen-bond donors (Lipinski definition) is 1. The van der Waals surface area contributed by atoms with E-state index in [0.717, 1.165) is 17.7 Å². The molecule has 1 aromatic heterocycles. The molecule has 1 N–H and O–H groups in total. The molecule has 2 rings (SSSR count). The molecule has 0 spiro atoms. The highest BCUT2D eigenvalue weighted by molar-refractivity contribution is 5.93. The smallest absolute Gasteiger partial charge is 0.289 e. The maximum atomic E-state index is 12.2. The largest absolute Gasteiger partial charge is 0.456 e. The number of aliphatic hydroxyl groups is 1. The second-order valence-electron chi connectivity index (χ2n) is 4.95. The summed E-state index contributed by atoms with van der Waals surface area (Å²) >= 11 is 0. The number of rotatable bonds is 1. The van der Waals surface area contributed by atoms with Gasteiger partial charge in [0.1, 0.15) is 5.76 Å². The summed E-state index contributed by atoms with van der Waals surface area (Å²) in [5.41, 5.74) is 0.862. The predicted molar refractivity (Wildman–Crippen MR) is 63.9 cm³/mol. The highest BCUT2D eigenvalue weighted by Crippen LogP contribution is 2.21. The lowest BCUT2D eigenvalue weighted by Gasteiger charge is -2.33. The van der Waals surface area contributed by atoms with E-state index in [0.29, 0.717) is 18.8 Å². The number of amides is 1. The summed E-state index contributed by atoms with van der Waals surface area (Å²) in [4.78, 5) is 13.9. The number of furan rings is 1. The van der Waals surface area contributed by atoms with Crippen molar-refractivity contribution in [3.8, 4) is 0 Å². The maximum Gasteiger partial charge on any atom is 0.289 e. The number of carbonyl (C=O) groups is 1. The van der Waals surface area contributed by atoms with Crippen molar-refractivity contribution in [1.82, 2.24) is 4.90 Å². The van der Waals surface area contributed by atoms with E-state index in [-0.39, 0.29) is 11.8 Å². The fourth-order valence-corrected chi connectivity index (χ4v) is 2.23. The Morgan fingerprint density at radius 3 is 2.76 bits per heavy atom. The maximum absolute atomic E-state index is 12.2. The van der Waals surface area contributed by atoms with Crippen LogP contribution >= 0.6 is 0 Å². The second kappa shape index (κ2) is 4.53. The molecule has 0 aromatic carbocycles. The molecule has 1 aliphatic rings. The third kappa shape index (κ3) is 2.36. The molecule has 0 bridgehead atoms. The van der Waals surface area contributed by atoms with E-state index < -0.39 is 6.10 Å². The van der Waals surface area contributed by atoms with Crippen molar-refractivity contribution in [3.63, 3.8) is 0 Å². The van der Waals surface area contributed by atoms with E-state index >= 15 is 0 Å². The van der Waals surface area contributed by atoms with Crippen LogP contribution in [0.25, 0.3) is 0 Å². The average molecular weight is 237 g/mol. The molecule has 17 heavy (non-hydrogen) atoms. The van der Waals surface area contributed by atoms with Crippen LogP contribution in [0.1, 0.15) is 35.2 Å². The Balaban J connectivity index is 2.13. The Bertz CT molecular complexity index is 424. The number of β-amino-alcohol motifs (C(OH)–C–C–N with tert-alkyl or cyclic N) is 1. The Kier molecular flexibility index (Phi) is 3.24. The lowest BCUT2D eigenvalue weighted by molar-refractivity contribution is 0.0229. The number of hydrogen-bond acceptors (Lipinski definition) is 3. The standard InChI is InChI=1S/C13H19NO3/c1-8-4-5-14(7-11(8)15)13(16)12-9(2)6-10(3)17-12/h6,8,11,15H,4-5,7H2,1-3H3. The van der Waals surface area contributed by atoms with Crippen molar-refractivity contribution in [2.75, 3.05) is 13.1 Å². The molecule has 1 aliphatic heterocycles. The molecule has 1 saturated heterocycles. The van der Waals surface area contributed by atoms with Crippen LogP contribution in [0.3, 0.4) is 0 Å². The second-order valence-corrected chi connectivity index (χ2v) is 4.95. The van der Waals surface area contributed by atoms with Gasteiger partial charge in [-0.25, -0.2) is 0 Å². The van der Waals surface area contributed by atoms with Crippen LogP contribution in [0.15, 0.2) is 10.5 Å². The van der Waals surface area contributed by atoms with E-state index in [1.165, 1.54) is 0 Å². The fraction of sp³-hybridized carbons (Fsp3) is 0.615. The van der Waals surface area contributed by atoms with Gasteiger partial charge in [0.15, 0.2) is 5.76 Å². The molecule has 2 heterocycles. The highest BCUT2D eigenvalue weighted by Gasteiger charge is 2.29. The van der Waals surface area contributed by atoms with E-state index in [1.54, 1.807) is 4.90 Å². The molecule has 0 saturated carbocycles. The van der Waals surface area contributed by atoms with Gasteiger partial charge in [0, 0.05) is 18.7 Å². The molecule has 4 heteroatoms. The monoisotopic (exact) mass is 237 g/mol. The van der Waals surface area contributed by atoms with Gasteiger partial charge in [-0.3, -0.25) is 4.79 Å². The first-order valence-corrected chi connectivity index (χ1v) is 6.03. The molecule has 4 nitrogen and oxygen atoms in total. The molecule has 94 valence electrons. The van der Waals surface area contributed by atoms with Gasteiger partial charge in [-0.2, -0.15) is 0 Å². The number of aliphatic hydroxyl groups excluding tert-OH is 1. The number of piperidine rings is 1. The Morgan fingerprint density at radius 2 is 2.24 bits per heavy atom. The SMILES string of the molecule is Cc1cc(C)c(C(=O)N2CCC(C)C(O)C2)o1. The van der Waals surface area contributed by atoms with E-state index in [4.69, 9.17) is 4.42 Å². The first kappa shape index (κ1) is 12.2. The lowest BCUT2D eigenvalue weighted by atomic mass is 9.96. The Labute approximate surface area is 101 Å². The molecule has 0 aliphatic carbocycles. The number of likely N-dealkylation sites (tertiary alicyclic amines) is 1. The molecule has 1 aromatic rings.